The smallest absolute Gasteiger partial charge is 0.306 e. The molecule has 2 nitrogen and oxygen atoms in total. The molecule has 0 saturated carbocycles. The van der Waals surface area contributed by atoms with Crippen LogP contribution >= 0.6 is 11.8 Å². The van der Waals surface area contributed by atoms with Gasteiger partial charge in [0.05, 0.1) is 0 Å². The number of ether oxygens (including phenoxy) is 1. The van der Waals surface area contributed by atoms with Crippen LogP contribution in [-0.2, 0) is 22.4 Å². The van der Waals surface area contributed by atoms with Crippen molar-refractivity contribution in [3.8, 4) is 0 Å². The molecule has 0 N–H and O–H groups in total. The molecule has 0 radical (unpaired) electrons. The van der Waals surface area contributed by atoms with Gasteiger partial charge in [0.15, 0.2) is 0 Å². The van der Waals surface area contributed by atoms with Crippen LogP contribution in [0.1, 0.15) is 24.5 Å². The summed E-state index contributed by atoms with van der Waals surface area (Å²) in [6, 6.07) is 8.42. The van der Waals surface area contributed by atoms with E-state index in [0.29, 0.717) is 13.0 Å². The normalized spacial score (nSPS) is 10.2. The number of carbonyl (C=O) groups is 1. The maximum absolute atomic E-state index is 11.4. The Morgan fingerprint density at radius 2 is 1.88 bits per heavy atom. The summed E-state index contributed by atoms with van der Waals surface area (Å²) in [4.78, 5) is 11.4. The highest BCUT2D eigenvalue weighted by atomic mass is 32.2. The minimum Gasteiger partial charge on any atom is -0.465 e. The van der Waals surface area contributed by atoms with Crippen LogP contribution in [0.25, 0.3) is 0 Å². The van der Waals surface area contributed by atoms with Crippen molar-refractivity contribution in [1.29, 1.82) is 0 Å². The molecular formula is C14H20O2S. The van der Waals surface area contributed by atoms with Crippen molar-refractivity contribution in [1.82, 2.24) is 0 Å². The molecule has 0 aliphatic carbocycles. The zero-order valence-corrected chi connectivity index (χ0v) is 11.4. The minimum absolute atomic E-state index is 0.0985. The Hall–Kier alpha value is -0.960. The quantitative estimate of drug-likeness (QED) is 0.551. The van der Waals surface area contributed by atoms with E-state index in [1.165, 1.54) is 11.1 Å². The van der Waals surface area contributed by atoms with Gasteiger partial charge in [-0.2, -0.15) is 11.8 Å². The summed E-state index contributed by atoms with van der Waals surface area (Å²) in [7, 11) is 0. The van der Waals surface area contributed by atoms with Gasteiger partial charge >= 0.3 is 5.97 Å². The van der Waals surface area contributed by atoms with E-state index < -0.39 is 0 Å². The lowest BCUT2D eigenvalue weighted by molar-refractivity contribution is -0.142. The van der Waals surface area contributed by atoms with E-state index in [1.807, 2.05) is 6.26 Å². The molecule has 0 atom stereocenters. The van der Waals surface area contributed by atoms with Gasteiger partial charge in [0, 0.05) is 12.2 Å². The lowest BCUT2D eigenvalue weighted by Gasteiger charge is -2.04. The predicted molar refractivity (Wildman–Crippen MR) is 73.5 cm³/mol. The van der Waals surface area contributed by atoms with Gasteiger partial charge in [0.25, 0.3) is 0 Å². The third-order valence-corrected chi connectivity index (χ3v) is 3.17. The summed E-state index contributed by atoms with van der Waals surface area (Å²) in [6.07, 6.45) is 4.29. The van der Waals surface area contributed by atoms with Crippen LogP contribution in [0.4, 0.5) is 0 Å². The first kappa shape index (κ1) is 14.1. The van der Waals surface area contributed by atoms with Gasteiger partial charge < -0.3 is 4.74 Å². The van der Waals surface area contributed by atoms with E-state index in [4.69, 9.17) is 4.74 Å². The molecular weight excluding hydrogens is 232 g/mol. The summed E-state index contributed by atoms with van der Waals surface area (Å²) < 4.78 is 5.09. The Kier molecular flexibility index (Phi) is 6.78. The van der Waals surface area contributed by atoms with Crippen molar-refractivity contribution in [2.75, 3.05) is 18.6 Å². The molecule has 0 aromatic heterocycles. The van der Waals surface area contributed by atoms with Gasteiger partial charge in [-0.15, -0.1) is 0 Å². The highest BCUT2D eigenvalue weighted by Crippen LogP contribution is 2.07. The van der Waals surface area contributed by atoms with Crippen molar-refractivity contribution in [2.45, 2.75) is 26.2 Å². The predicted octanol–water partition coefficient (Wildman–Crippen LogP) is 3.09. The molecule has 0 spiro atoms. The average Bonchev–Trinajstić information content (AvgIpc) is 2.37. The first-order valence-electron chi connectivity index (χ1n) is 5.98. The fraction of sp³-hybridized carbons (Fsp3) is 0.500. The number of carbonyl (C=O) groups excluding carboxylic acids is 1. The van der Waals surface area contributed by atoms with Crippen LogP contribution in [0.5, 0.6) is 0 Å². The van der Waals surface area contributed by atoms with Crippen molar-refractivity contribution in [3.63, 3.8) is 0 Å². The van der Waals surface area contributed by atoms with E-state index in [1.54, 1.807) is 11.8 Å². The zero-order valence-electron chi connectivity index (χ0n) is 10.6. The number of esters is 1. The van der Waals surface area contributed by atoms with Gasteiger partial charge in [-0.1, -0.05) is 31.2 Å². The first-order valence-corrected chi connectivity index (χ1v) is 7.38. The molecule has 0 bridgehead atoms. The molecule has 0 aliphatic rings. The van der Waals surface area contributed by atoms with Gasteiger partial charge in [0.2, 0.25) is 0 Å². The van der Waals surface area contributed by atoms with E-state index in [0.717, 1.165) is 18.6 Å². The van der Waals surface area contributed by atoms with Crippen LogP contribution < -0.4 is 0 Å². The molecule has 0 aliphatic heterocycles. The molecule has 1 aromatic carbocycles. The lowest BCUT2D eigenvalue weighted by atomic mass is 10.1. The van der Waals surface area contributed by atoms with E-state index in [9.17, 15) is 4.79 Å². The van der Waals surface area contributed by atoms with Crippen LogP contribution in [0.15, 0.2) is 24.3 Å². The monoisotopic (exact) mass is 252 g/mol. The third-order valence-electron chi connectivity index (χ3n) is 2.60. The Labute approximate surface area is 108 Å². The Morgan fingerprint density at radius 3 is 2.47 bits per heavy atom. The summed E-state index contributed by atoms with van der Waals surface area (Å²) in [5, 5.41) is 0. The van der Waals surface area contributed by atoms with E-state index in [-0.39, 0.29) is 5.97 Å². The fourth-order valence-electron chi connectivity index (χ4n) is 1.50. The number of thioether (sulfide) groups is 1. The van der Waals surface area contributed by atoms with Crippen LogP contribution in [0.3, 0.4) is 0 Å². The highest BCUT2D eigenvalue weighted by Gasteiger charge is 2.03. The first-order chi connectivity index (χ1) is 8.26. The van der Waals surface area contributed by atoms with Crippen molar-refractivity contribution < 1.29 is 9.53 Å². The fourth-order valence-corrected chi connectivity index (χ4v) is 1.75. The molecule has 1 aromatic rings. The van der Waals surface area contributed by atoms with Gasteiger partial charge in [-0.05, 0) is 30.2 Å². The number of benzene rings is 1. The SMILES string of the molecule is CCc1ccc(CCC(=O)OCCSC)cc1. The average molecular weight is 252 g/mol. The summed E-state index contributed by atoms with van der Waals surface area (Å²) in [5.74, 6) is 0.773. The van der Waals surface area contributed by atoms with Crippen molar-refractivity contribution >= 4 is 17.7 Å². The Morgan fingerprint density at radius 1 is 1.24 bits per heavy atom. The van der Waals surface area contributed by atoms with Crippen molar-refractivity contribution in [2.24, 2.45) is 0 Å². The van der Waals surface area contributed by atoms with Crippen LogP contribution in [0.2, 0.25) is 0 Å². The molecule has 0 saturated heterocycles. The summed E-state index contributed by atoms with van der Waals surface area (Å²) in [6.45, 7) is 2.66. The molecule has 3 heteroatoms. The van der Waals surface area contributed by atoms with Crippen molar-refractivity contribution in [3.05, 3.63) is 35.4 Å². The maximum atomic E-state index is 11.4. The minimum atomic E-state index is -0.0985. The van der Waals surface area contributed by atoms with Gasteiger partial charge in [0.1, 0.15) is 6.61 Å². The van der Waals surface area contributed by atoms with Crippen LogP contribution in [-0.4, -0.2) is 24.6 Å². The molecule has 0 amide bonds. The molecule has 0 unspecified atom stereocenters. The highest BCUT2D eigenvalue weighted by molar-refractivity contribution is 7.98. The maximum Gasteiger partial charge on any atom is 0.306 e. The molecule has 94 valence electrons. The molecule has 0 fully saturated rings. The molecule has 1 rings (SSSR count). The second kappa shape index (κ2) is 8.18. The second-order valence-corrected chi connectivity index (χ2v) is 4.87. The number of rotatable bonds is 7. The second-order valence-electron chi connectivity index (χ2n) is 3.88. The van der Waals surface area contributed by atoms with E-state index in [2.05, 4.69) is 31.2 Å². The Balaban J connectivity index is 2.27. The molecule has 0 heterocycles. The van der Waals surface area contributed by atoms with Gasteiger partial charge in [-0.3, -0.25) is 4.79 Å². The van der Waals surface area contributed by atoms with Crippen LogP contribution in [0, 0.1) is 0 Å². The molecule has 17 heavy (non-hydrogen) atoms. The largest absolute Gasteiger partial charge is 0.465 e. The number of hydrogen-bond donors (Lipinski definition) is 0. The van der Waals surface area contributed by atoms with E-state index >= 15 is 0 Å². The zero-order chi connectivity index (χ0) is 12.5. The lowest BCUT2D eigenvalue weighted by Crippen LogP contribution is -2.08. The summed E-state index contributed by atoms with van der Waals surface area (Å²) in [5.41, 5.74) is 2.53. The topological polar surface area (TPSA) is 26.3 Å². The Bertz CT molecular complexity index is 333. The number of hydrogen-bond acceptors (Lipinski definition) is 3. The van der Waals surface area contributed by atoms with Gasteiger partial charge in [-0.25, -0.2) is 0 Å². The number of aryl methyl sites for hydroxylation is 2. The summed E-state index contributed by atoms with van der Waals surface area (Å²) >= 11 is 1.68. The standard InChI is InChI=1S/C14H20O2S/c1-3-12-4-6-13(7-5-12)8-9-14(15)16-10-11-17-2/h4-7H,3,8-11H2,1-2H3. The third kappa shape index (κ3) is 5.78.